The average Bonchev–Trinajstić information content (AvgIpc) is 4.09. The summed E-state index contributed by atoms with van der Waals surface area (Å²) in [5.41, 5.74) is -2.46. The predicted octanol–water partition coefficient (Wildman–Crippen LogP) is 3.58. The molecule has 5 heterocycles. The lowest BCUT2D eigenvalue weighted by molar-refractivity contribution is -0.318. The average molecular weight is 1060 g/mol. The van der Waals surface area contributed by atoms with E-state index in [0.717, 1.165) is 11.3 Å². The van der Waals surface area contributed by atoms with Gasteiger partial charge in [0.2, 0.25) is 0 Å². The molecular weight excluding hydrogens is 976 g/mol. The minimum Gasteiger partial charge on any atom is -0.459 e. The zero-order valence-electron chi connectivity index (χ0n) is 46.5. The second-order valence-electron chi connectivity index (χ2n) is 22.4. The molecular formula is C53H87FN8O13. The number of rotatable bonds is 16. The maximum atomic E-state index is 14.9. The number of hydrogen-bond acceptors (Lipinski definition) is 19. The largest absolute Gasteiger partial charge is 0.459 e. The van der Waals surface area contributed by atoms with Crippen LogP contribution < -0.4 is 0 Å². The number of carbonyl (C=O) groups excluding carboxylic acids is 1. The van der Waals surface area contributed by atoms with Crippen molar-refractivity contribution in [2.24, 2.45) is 17.8 Å². The summed E-state index contributed by atoms with van der Waals surface area (Å²) in [5.74, 6) is -2.89. The number of aliphatic hydroxyl groups is 5. The number of halogens is 1. The molecule has 0 spiro atoms. The Morgan fingerprint density at radius 1 is 0.960 bits per heavy atom. The van der Waals surface area contributed by atoms with Gasteiger partial charge in [0.1, 0.15) is 48.8 Å². The Kier molecular flexibility index (Phi) is 20.6. The van der Waals surface area contributed by atoms with Crippen LogP contribution in [0.25, 0.3) is 5.69 Å². The van der Waals surface area contributed by atoms with E-state index in [2.05, 4.69) is 20.6 Å². The Labute approximate surface area is 441 Å². The monoisotopic (exact) mass is 1060 g/mol. The summed E-state index contributed by atoms with van der Waals surface area (Å²) in [5, 5.41) is 76.4. The van der Waals surface area contributed by atoms with Gasteiger partial charge in [0.25, 0.3) is 0 Å². The molecule has 21 nitrogen and oxygen atoms in total. The lowest BCUT2D eigenvalue weighted by atomic mass is 9.77. The van der Waals surface area contributed by atoms with Crippen LogP contribution in [0, 0.1) is 17.8 Å². The number of methoxy groups -OCH3 is 2. The number of ether oxygens (including phenoxy) is 7. The van der Waals surface area contributed by atoms with Crippen molar-refractivity contribution in [1.82, 2.24) is 39.8 Å². The van der Waals surface area contributed by atoms with Crippen LogP contribution in [0.3, 0.4) is 0 Å². The first kappa shape index (κ1) is 60.6. The maximum Gasteiger partial charge on any atom is 0.311 e. The maximum absolute atomic E-state index is 14.9. The number of carbonyl (C=O) groups is 1. The molecule has 5 N–H and O–H groups in total. The Bertz CT molecular complexity index is 2230. The van der Waals surface area contributed by atoms with E-state index in [1.54, 1.807) is 71.7 Å². The molecule has 0 unspecified atom stereocenters. The molecule has 75 heavy (non-hydrogen) atoms. The van der Waals surface area contributed by atoms with Gasteiger partial charge in [0.05, 0.1) is 65.3 Å². The summed E-state index contributed by atoms with van der Waals surface area (Å²) in [6, 6.07) is 5.52. The first-order chi connectivity index (χ1) is 35.3. The molecule has 424 valence electrons. The fraction of sp³-hybridized carbons (Fsp3) is 0.792. The summed E-state index contributed by atoms with van der Waals surface area (Å²) in [6.45, 7) is 17.5. The summed E-state index contributed by atoms with van der Waals surface area (Å²) < 4.78 is 62.1. The van der Waals surface area contributed by atoms with E-state index in [-0.39, 0.29) is 25.2 Å². The van der Waals surface area contributed by atoms with Crippen molar-refractivity contribution in [3.63, 3.8) is 0 Å². The van der Waals surface area contributed by atoms with Gasteiger partial charge < -0.3 is 68.5 Å². The van der Waals surface area contributed by atoms with Crippen molar-refractivity contribution in [3.8, 4) is 5.69 Å². The quantitative estimate of drug-likeness (QED) is 0.129. The third-order valence-electron chi connectivity index (χ3n) is 16.4. The summed E-state index contributed by atoms with van der Waals surface area (Å²) in [6.07, 6.45) is -4.75. The first-order valence-corrected chi connectivity index (χ1v) is 26.5. The minimum atomic E-state index is -1.85. The molecule has 6 rings (SSSR count). The van der Waals surface area contributed by atoms with Gasteiger partial charge in [-0.1, -0.05) is 43.3 Å². The molecule has 3 saturated heterocycles. The number of cyclic esters (lactones) is 1. The van der Waals surface area contributed by atoms with Crippen molar-refractivity contribution in [2.45, 2.75) is 204 Å². The van der Waals surface area contributed by atoms with Gasteiger partial charge >= 0.3 is 5.97 Å². The molecule has 0 amide bonds. The van der Waals surface area contributed by atoms with Crippen LogP contribution >= 0.6 is 0 Å². The summed E-state index contributed by atoms with van der Waals surface area (Å²) >= 11 is 0. The Morgan fingerprint density at radius 2 is 1.65 bits per heavy atom. The Morgan fingerprint density at radius 3 is 2.27 bits per heavy atom. The number of aromatic nitrogens is 6. The topological polar surface area (TPSA) is 251 Å². The van der Waals surface area contributed by atoms with Crippen molar-refractivity contribution < 1.29 is 67.9 Å². The molecule has 0 aliphatic carbocycles. The van der Waals surface area contributed by atoms with E-state index >= 15 is 0 Å². The van der Waals surface area contributed by atoms with Gasteiger partial charge in [0, 0.05) is 64.3 Å². The highest BCUT2D eigenvalue weighted by Gasteiger charge is 2.53. The van der Waals surface area contributed by atoms with Crippen LogP contribution in [-0.4, -0.2) is 210 Å². The van der Waals surface area contributed by atoms with Gasteiger partial charge in [-0.2, -0.15) is 0 Å². The molecule has 0 bridgehead atoms. The molecule has 0 radical (unpaired) electrons. The van der Waals surface area contributed by atoms with Crippen LogP contribution in [0.4, 0.5) is 4.39 Å². The Balaban J connectivity index is 1.26. The first-order valence-electron chi connectivity index (χ1n) is 26.5. The zero-order chi connectivity index (χ0) is 55.3. The highest BCUT2D eigenvalue weighted by molar-refractivity contribution is 5.73. The number of benzene rings is 1. The van der Waals surface area contributed by atoms with E-state index in [9.17, 15) is 34.7 Å². The fourth-order valence-corrected chi connectivity index (χ4v) is 11.7. The molecule has 3 aliphatic rings. The standard InChI is InChI=1S/C53H87FN8O13/c1-15-41-53(10,68)46(64)34(6)60(12)28-30(2)25-51(8,67)48(32(4)44(33(5)49(66)73-41)74-42-26-52(9,70-14)47(65)35(7)72-42)75-50-43(63)39(24-31(3)71-50)59(11)22-20-37-29-62(58-56-37)40(27-54)45(69-13)36-16-18-38(19-17-36)61-23-21-55-57-61/h16-19,21,23,29-35,39-48,50,63-65,67-68H,15,20,22,24-28H2,1-14H3/t30-,31+,32-,33+,34+,35-,39-,40+,41+,42-,43+,44-,45+,46+,47-,48+,50-,51+,52+,53+/m0/s1. The van der Waals surface area contributed by atoms with Crippen molar-refractivity contribution in [3.05, 3.63) is 54.1 Å². The Hall–Kier alpha value is -3.62. The second kappa shape index (κ2) is 25.4. The van der Waals surface area contributed by atoms with Crippen molar-refractivity contribution >= 4 is 5.97 Å². The number of aliphatic hydroxyl groups excluding tert-OH is 3. The number of esters is 1. The van der Waals surface area contributed by atoms with Gasteiger partial charge in [0.15, 0.2) is 12.6 Å². The van der Waals surface area contributed by atoms with Gasteiger partial charge in [-0.25, -0.2) is 13.8 Å². The van der Waals surface area contributed by atoms with Crippen molar-refractivity contribution in [1.29, 1.82) is 0 Å². The summed E-state index contributed by atoms with van der Waals surface area (Å²) in [4.78, 5) is 18.4. The molecule has 22 heteroatoms. The van der Waals surface area contributed by atoms with Crippen LogP contribution in [0.15, 0.2) is 42.9 Å². The number of nitrogens with zero attached hydrogens (tertiary/aromatic N) is 8. The normalized spacial score (nSPS) is 38.9. The smallest absolute Gasteiger partial charge is 0.311 e. The van der Waals surface area contributed by atoms with Gasteiger partial charge in [-0.05, 0) is 105 Å². The van der Waals surface area contributed by atoms with Crippen LogP contribution in [0.5, 0.6) is 0 Å². The fourth-order valence-electron chi connectivity index (χ4n) is 11.7. The SMILES string of the molecule is CC[C@H]1OC(=O)[C@H](C)[C@@H](O[C@H]2C[C@@](C)(OC)[C@@H](O)[C@H](C)O2)[C@H](C)[C@@H](O[C@@H]2O[C@H](C)C[C@H](N(C)CCc3cn([C@H](CF)[C@H](OC)c4ccc(-n5ccnn5)cc4)nn3)[C@H]2O)[C@](C)(O)C[C@H](C)CN(C)[C@H](C)[C@@H](O)[C@]1(C)O. The van der Waals surface area contributed by atoms with E-state index < -0.39 is 127 Å². The zero-order valence-corrected chi connectivity index (χ0v) is 46.5. The highest BCUT2D eigenvalue weighted by Crippen LogP contribution is 2.41. The number of alkyl halides is 1. The number of hydrogen-bond donors (Lipinski definition) is 5. The molecule has 0 saturated carbocycles. The van der Waals surface area contributed by atoms with Crippen LogP contribution in [-0.2, 0) is 44.4 Å². The molecule has 20 atom stereocenters. The van der Waals surface area contributed by atoms with E-state index in [1.807, 2.05) is 62.0 Å². The molecule has 2 aromatic heterocycles. The molecule has 1 aromatic carbocycles. The van der Waals surface area contributed by atoms with Gasteiger partial charge in [-0.3, -0.25) is 4.79 Å². The summed E-state index contributed by atoms with van der Waals surface area (Å²) in [7, 11) is 6.73. The minimum absolute atomic E-state index is 0.0821. The second-order valence-corrected chi connectivity index (χ2v) is 22.4. The van der Waals surface area contributed by atoms with Gasteiger partial charge in [-0.15, -0.1) is 10.2 Å². The lowest BCUT2D eigenvalue weighted by Crippen LogP contribution is -2.61. The third kappa shape index (κ3) is 13.8. The molecule has 3 fully saturated rings. The van der Waals surface area contributed by atoms with E-state index in [1.165, 1.54) is 25.8 Å². The van der Waals surface area contributed by atoms with Crippen LogP contribution in [0.1, 0.15) is 118 Å². The molecule has 3 aliphatic heterocycles. The van der Waals surface area contributed by atoms with E-state index in [0.29, 0.717) is 31.6 Å². The highest BCUT2D eigenvalue weighted by atomic mass is 19.1. The van der Waals surface area contributed by atoms with Crippen molar-refractivity contribution in [2.75, 3.05) is 48.1 Å². The number of likely N-dealkylation sites (N-methyl/N-ethyl adjacent to an activating group) is 2. The molecule has 3 aromatic rings. The van der Waals surface area contributed by atoms with E-state index in [4.69, 9.17) is 33.2 Å². The van der Waals surface area contributed by atoms with Crippen LogP contribution in [0.2, 0.25) is 0 Å². The third-order valence-corrected chi connectivity index (χ3v) is 16.4. The lowest BCUT2D eigenvalue weighted by Gasteiger charge is -2.49. The predicted molar refractivity (Wildman–Crippen MR) is 273 cm³/mol.